The lowest BCUT2D eigenvalue weighted by molar-refractivity contribution is -0.133. The Morgan fingerprint density at radius 3 is 2.47 bits per heavy atom. The van der Waals surface area contributed by atoms with Crippen molar-refractivity contribution >= 4 is 11.8 Å². The molecule has 1 N–H and O–H groups in total. The van der Waals surface area contributed by atoms with Crippen molar-refractivity contribution in [2.75, 3.05) is 39.8 Å². The van der Waals surface area contributed by atoms with E-state index >= 15 is 0 Å². The molecule has 1 aliphatic rings. The summed E-state index contributed by atoms with van der Waals surface area (Å²) in [6.07, 6.45) is 0.624. The number of methoxy groups -OCH3 is 1. The Balaban J connectivity index is 1.16. The zero-order chi connectivity index (χ0) is 23.8. The number of ether oxygens (including phenoxy) is 1. The first-order valence-corrected chi connectivity index (χ1v) is 11.4. The summed E-state index contributed by atoms with van der Waals surface area (Å²) in [7, 11) is 1.62. The van der Waals surface area contributed by atoms with Gasteiger partial charge in [-0.1, -0.05) is 35.5 Å². The molecule has 0 atom stereocenters. The van der Waals surface area contributed by atoms with E-state index < -0.39 is 0 Å². The maximum absolute atomic E-state index is 12.5. The molecule has 2 amide bonds. The summed E-state index contributed by atoms with van der Waals surface area (Å²) in [4.78, 5) is 33.1. The van der Waals surface area contributed by atoms with Crippen molar-refractivity contribution in [3.8, 4) is 17.1 Å². The van der Waals surface area contributed by atoms with Gasteiger partial charge in [-0.25, -0.2) is 0 Å². The van der Waals surface area contributed by atoms with Crippen molar-refractivity contribution in [1.82, 2.24) is 25.3 Å². The number of hydrogen-bond acceptors (Lipinski definition) is 7. The predicted molar refractivity (Wildman–Crippen MR) is 126 cm³/mol. The van der Waals surface area contributed by atoms with Crippen molar-refractivity contribution in [3.63, 3.8) is 0 Å². The van der Waals surface area contributed by atoms with Gasteiger partial charge in [0, 0.05) is 44.7 Å². The number of nitrogens with one attached hydrogen (secondary N) is 1. The van der Waals surface area contributed by atoms with Gasteiger partial charge in [0.1, 0.15) is 5.75 Å². The van der Waals surface area contributed by atoms with Gasteiger partial charge in [0.05, 0.1) is 20.1 Å². The number of benzene rings is 2. The molecule has 1 saturated heterocycles. The molecule has 4 rings (SSSR count). The third-order valence-corrected chi connectivity index (χ3v) is 5.77. The van der Waals surface area contributed by atoms with Gasteiger partial charge in [-0.2, -0.15) is 4.98 Å². The van der Waals surface area contributed by atoms with Gasteiger partial charge in [-0.3, -0.25) is 14.5 Å². The van der Waals surface area contributed by atoms with Crippen LogP contribution in [-0.4, -0.2) is 71.6 Å². The summed E-state index contributed by atoms with van der Waals surface area (Å²) >= 11 is 0. The average Bonchev–Trinajstić information content (AvgIpc) is 3.33. The molecule has 34 heavy (non-hydrogen) atoms. The Hall–Kier alpha value is -3.72. The molecule has 0 bridgehead atoms. The predicted octanol–water partition coefficient (Wildman–Crippen LogP) is 2.14. The Bertz CT molecular complexity index is 1080. The van der Waals surface area contributed by atoms with Gasteiger partial charge < -0.3 is 19.5 Å². The topological polar surface area (TPSA) is 101 Å². The highest BCUT2D eigenvalue weighted by Crippen LogP contribution is 2.20. The first-order chi connectivity index (χ1) is 16.6. The molecule has 178 valence electrons. The summed E-state index contributed by atoms with van der Waals surface area (Å²) in [5.41, 5.74) is 1.82. The van der Waals surface area contributed by atoms with Crippen molar-refractivity contribution in [3.05, 3.63) is 66.1 Å². The van der Waals surface area contributed by atoms with E-state index in [1.54, 1.807) is 7.11 Å². The second kappa shape index (κ2) is 11.4. The summed E-state index contributed by atoms with van der Waals surface area (Å²) in [5.74, 6) is 1.85. The van der Waals surface area contributed by atoms with E-state index in [1.165, 1.54) is 0 Å². The second-order valence-electron chi connectivity index (χ2n) is 8.16. The van der Waals surface area contributed by atoms with Gasteiger partial charge in [0.2, 0.25) is 23.5 Å². The second-order valence-corrected chi connectivity index (χ2v) is 8.16. The molecule has 0 saturated carbocycles. The van der Waals surface area contributed by atoms with E-state index in [0.29, 0.717) is 50.7 Å². The summed E-state index contributed by atoms with van der Waals surface area (Å²) in [6.45, 7) is 3.62. The molecule has 9 nitrogen and oxygen atoms in total. The third kappa shape index (κ3) is 6.41. The molecule has 0 radical (unpaired) electrons. The van der Waals surface area contributed by atoms with Crippen LogP contribution in [0.15, 0.2) is 59.1 Å². The molecule has 0 spiro atoms. The van der Waals surface area contributed by atoms with Gasteiger partial charge in [0.25, 0.3) is 0 Å². The number of aromatic nitrogens is 2. The Labute approximate surface area is 198 Å². The molecule has 2 heterocycles. The Morgan fingerprint density at radius 1 is 1.03 bits per heavy atom. The number of rotatable bonds is 9. The molecular weight excluding hydrogens is 434 g/mol. The van der Waals surface area contributed by atoms with Crippen molar-refractivity contribution in [1.29, 1.82) is 0 Å². The number of amides is 2. The fourth-order valence-corrected chi connectivity index (χ4v) is 3.83. The van der Waals surface area contributed by atoms with Gasteiger partial charge in [-0.05, 0) is 29.8 Å². The van der Waals surface area contributed by atoms with Crippen LogP contribution >= 0.6 is 0 Å². The Kier molecular flexibility index (Phi) is 7.87. The first-order valence-electron chi connectivity index (χ1n) is 11.4. The molecule has 2 aromatic carbocycles. The number of piperazine rings is 1. The van der Waals surface area contributed by atoms with Crippen LogP contribution in [0.1, 0.15) is 17.9 Å². The van der Waals surface area contributed by atoms with Crippen LogP contribution in [0, 0.1) is 0 Å². The van der Waals surface area contributed by atoms with E-state index in [1.807, 2.05) is 59.5 Å². The molecular formula is C25H29N5O4. The van der Waals surface area contributed by atoms with E-state index in [9.17, 15) is 9.59 Å². The highest BCUT2D eigenvalue weighted by atomic mass is 16.5. The fourth-order valence-electron chi connectivity index (χ4n) is 3.83. The zero-order valence-corrected chi connectivity index (χ0v) is 19.3. The molecule has 1 aromatic heterocycles. The quantitative estimate of drug-likeness (QED) is 0.519. The first kappa shape index (κ1) is 23.4. The van der Waals surface area contributed by atoms with Gasteiger partial charge in [-0.15, -0.1) is 0 Å². The maximum Gasteiger partial charge on any atom is 0.241 e. The Morgan fingerprint density at radius 2 is 1.76 bits per heavy atom. The third-order valence-electron chi connectivity index (χ3n) is 5.77. The van der Waals surface area contributed by atoms with E-state index in [0.717, 1.165) is 30.0 Å². The minimum atomic E-state index is -0.0719. The fraction of sp³-hybridized carbons (Fsp3) is 0.360. The number of carbonyl (C=O) groups is 2. The maximum atomic E-state index is 12.5. The minimum absolute atomic E-state index is 0.0549. The minimum Gasteiger partial charge on any atom is -0.497 e. The lowest BCUT2D eigenvalue weighted by Gasteiger charge is -2.34. The van der Waals surface area contributed by atoms with E-state index in [2.05, 4.69) is 20.4 Å². The van der Waals surface area contributed by atoms with Crippen LogP contribution in [0.4, 0.5) is 0 Å². The lowest BCUT2D eigenvalue weighted by atomic mass is 10.1. The molecule has 3 aromatic rings. The highest BCUT2D eigenvalue weighted by molar-refractivity contribution is 5.80. The number of hydrogen-bond donors (Lipinski definition) is 1. The monoisotopic (exact) mass is 463 g/mol. The van der Waals surface area contributed by atoms with Gasteiger partial charge in [0.15, 0.2) is 0 Å². The summed E-state index contributed by atoms with van der Waals surface area (Å²) in [5, 5.41) is 6.91. The van der Waals surface area contributed by atoms with Crippen LogP contribution in [-0.2, 0) is 22.6 Å². The van der Waals surface area contributed by atoms with Crippen molar-refractivity contribution in [2.45, 2.75) is 19.4 Å². The SMILES string of the molecule is COc1ccc(-c2noc(CN3CCN(C(=O)CCNC(=O)Cc4ccccc4)CC3)n2)cc1. The summed E-state index contributed by atoms with van der Waals surface area (Å²) < 4.78 is 10.6. The lowest BCUT2D eigenvalue weighted by Crippen LogP contribution is -2.48. The van der Waals surface area contributed by atoms with Crippen molar-refractivity contribution < 1.29 is 18.8 Å². The van der Waals surface area contributed by atoms with Crippen molar-refractivity contribution in [2.24, 2.45) is 0 Å². The molecule has 1 aliphatic heterocycles. The zero-order valence-electron chi connectivity index (χ0n) is 19.3. The normalized spacial score (nSPS) is 14.1. The summed E-state index contributed by atoms with van der Waals surface area (Å²) in [6, 6.07) is 17.1. The molecule has 9 heteroatoms. The van der Waals surface area contributed by atoms with Crippen LogP contribution in [0.2, 0.25) is 0 Å². The smallest absolute Gasteiger partial charge is 0.241 e. The standard InChI is InChI=1S/C25H29N5O4/c1-33-21-9-7-20(8-10-21)25-27-23(34-28-25)18-29-13-15-30(16-14-29)24(32)11-12-26-22(31)17-19-5-3-2-4-6-19/h2-10H,11-18H2,1H3,(H,26,31). The highest BCUT2D eigenvalue weighted by Gasteiger charge is 2.22. The van der Waals surface area contributed by atoms with Gasteiger partial charge >= 0.3 is 0 Å². The largest absolute Gasteiger partial charge is 0.497 e. The van der Waals surface area contributed by atoms with E-state index in [-0.39, 0.29) is 11.8 Å². The average molecular weight is 464 g/mol. The molecule has 1 fully saturated rings. The molecule has 0 aliphatic carbocycles. The van der Waals surface area contributed by atoms with Crippen LogP contribution in [0.25, 0.3) is 11.4 Å². The van der Waals surface area contributed by atoms with Crippen LogP contribution in [0.3, 0.4) is 0 Å². The number of carbonyl (C=O) groups excluding carboxylic acids is 2. The van der Waals surface area contributed by atoms with E-state index in [4.69, 9.17) is 9.26 Å². The van der Waals surface area contributed by atoms with Crippen LogP contribution < -0.4 is 10.1 Å². The van der Waals surface area contributed by atoms with Crippen LogP contribution in [0.5, 0.6) is 5.75 Å². The number of nitrogens with zero attached hydrogens (tertiary/aromatic N) is 4. The molecule has 0 unspecified atom stereocenters.